The van der Waals surface area contributed by atoms with Crippen molar-refractivity contribution in [2.24, 2.45) is 5.92 Å². The van der Waals surface area contributed by atoms with E-state index in [0.29, 0.717) is 3.57 Å². The number of carbonyl (C=O) groups is 1. The van der Waals surface area contributed by atoms with Gasteiger partial charge in [0, 0.05) is 21.6 Å². The molecule has 0 saturated heterocycles. The van der Waals surface area contributed by atoms with Gasteiger partial charge in [0.05, 0.1) is 18.2 Å². The van der Waals surface area contributed by atoms with E-state index in [1.54, 1.807) is 12.1 Å². The van der Waals surface area contributed by atoms with Crippen molar-refractivity contribution in [1.82, 2.24) is 4.57 Å². The minimum absolute atomic E-state index is 0.0106. The molecular weight excluding hydrogens is 507 g/mol. The number of nitrogens with zero attached hydrogens (tertiary/aromatic N) is 1. The van der Waals surface area contributed by atoms with Gasteiger partial charge in [-0.1, -0.05) is 26.0 Å². The molecule has 2 N–H and O–H groups in total. The number of aliphatic hydroxyl groups excluding tert-OH is 1. The molecule has 0 unspecified atom stereocenters. The minimum Gasteiger partial charge on any atom is -0.477 e. The summed E-state index contributed by atoms with van der Waals surface area (Å²) in [6, 6.07) is 6.66. The zero-order valence-electron chi connectivity index (χ0n) is 16.3. The van der Waals surface area contributed by atoms with Crippen LogP contribution >= 0.6 is 22.6 Å². The van der Waals surface area contributed by atoms with Gasteiger partial charge in [0.25, 0.3) is 0 Å². The topological polar surface area (TPSA) is 79.5 Å². The Morgan fingerprint density at radius 3 is 2.50 bits per heavy atom. The van der Waals surface area contributed by atoms with Gasteiger partial charge in [0.1, 0.15) is 17.2 Å². The Hall–Kier alpha value is -2.33. The third-order valence-electron chi connectivity index (χ3n) is 5.16. The highest BCUT2D eigenvalue weighted by atomic mass is 127. The van der Waals surface area contributed by atoms with Gasteiger partial charge in [-0.05, 0) is 57.8 Å². The lowest BCUT2D eigenvalue weighted by atomic mass is 9.99. The number of hydrogen-bond donors (Lipinski definition) is 2. The second kappa shape index (κ2) is 8.81. The summed E-state index contributed by atoms with van der Waals surface area (Å²) in [5.41, 5.74) is -0.690. The lowest BCUT2D eigenvalue weighted by Gasteiger charge is -2.25. The van der Waals surface area contributed by atoms with Gasteiger partial charge in [-0.2, -0.15) is 0 Å². The molecule has 8 heteroatoms. The van der Waals surface area contributed by atoms with Crippen molar-refractivity contribution in [2.45, 2.75) is 26.3 Å². The molecule has 2 aromatic carbocycles. The first-order chi connectivity index (χ1) is 14.1. The zero-order chi connectivity index (χ0) is 22.2. The van der Waals surface area contributed by atoms with Crippen molar-refractivity contribution in [1.29, 1.82) is 0 Å². The number of aliphatic hydroxyl groups is 1. The number of halogens is 3. The first-order valence-corrected chi connectivity index (χ1v) is 10.4. The van der Waals surface area contributed by atoms with Crippen molar-refractivity contribution >= 4 is 39.5 Å². The predicted octanol–water partition coefficient (Wildman–Crippen LogP) is 4.36. The summed E-state index contributed by atoms with van der Waals surface area (Å²) in [6.45, 7) is 3.34. The average molecular weight is 527 g/mol. The van der Waals surface area contributed by atoms with Gasteiger partial charge in [0.15, 0.2) is 0 Å². The van der Waals surface area contributed by atoms with Crippen LogP contribution in [0.5, 0.6) is 0 Å². The molecule has 0 spiro atoms. The Kier molecular flexibility index (Phi) is 6.56. The van der Waals surface area contributed by atoms with Gasteiger partial charge in [-0.15, -0.1) is 0 Å². The summed E-state index contributed by atoms with van der Waals surface area (Å²) in [6.07, 6.45) is 1.06. The number of carboxylic acids is 1. The fourth-order valence-electron chi connectivity index (χ4n) is 3.49. The standard InChI is InChI=1S/C22H20F2INO4/c1-11(2)19(10-27)26-9-15(22(29)30)21(28)14-7-13(16(23)8-18(14)26)6-12-4-3-5-17(25)20(12)24/h3-5,7-9,11,19,27H,6,10H2,1-2H3,(H,29,30)/t19-/m1/s1. The molecule has 0 aliphatic heterocycles. The van der Waals surface area contributed by atoms with E-state index in [-0.39, 0.29) is 41.0 Å². The Bertz CT molecular complexity index is 1190. The smallest absolute Gasteiger partial charge is 0.341 e. The number of benzene rings is 2. The molecule has 0 aliphatic carbocycles. The Balaban J connectivity index is 2.28. The molecule has 1 heterocycles. The van der Waals surface area contributed by atoms with Crippen LogP contribution in [0, 0.1) is 21.1 Å². The van der Waals surface area contributed by atoms with Gasteiger partial charge in [0.2, 0.25) is 5.43 Å². The summed E-state index contributed by atoms with van der Waals surface area (Å²) < 4.78 is 31.2. The Morgan fingerprint density at radius 1 is 1.20 bits per heavy atom. The van der Waals surface area contributed by atoms with E-state index >= 15 is 0 Å². The SMILES string of the molecule is CC(C)[C@@H](CO)n1cc(C(=O)O)c(=O)c2cc(Cc3cccc(I)c3F)c(F)cc21. The van der Waals surface area contributed by atoms with Crippen LogP contribution in [0.2, 0.25) is 0 Å². The second-order valence-corrected chi connectivity index (χ2v) is 8.59. The van der Waals surface area contributed by atoms with Crippen LogP contribution in [-0.2, 0) is 6.42 Å². The number of rotatable bonds is 6. The van der Waals surface area contributed by atoms with Crippen LogP contribution in [0.25, 0.3) is 10.9 Å². The average Bonchev–Trinajstić information content (AvgIpc) is 2.68. The molecule has 5 nitrogen and oxygen atoms in total. The van der Waals surface area contributed by atoms with E-state index in [0.717, 1.165) is 12.3 Å². The van der Waals surface area contributed by atoms with Gasteiger partial charge >= 0.3 is 5.97 Å². The third-order valence-corrected chi connectivity index (χ3v) is 5.99. The van der Waals surface area contributed by atoms with E-state index in [2.05, 4.69) is 0 Å². The normalized spacial score (nSPS) is 12.5. The van der Waals surface area contributed by atoms with Crippen LogP contribution in [0.15, 0.2) is 41.3 Å². The summed E-state index contributed by atoms with van der Waals surface area (Å²) >= 11 is 1.84. The summed E-state index contributed by atoms with van der Waals surface area (Å²) in [4.78, 5) is 24.4. The van der Waals surface area contributed by atoms with Crippen LogP contribution in [0.4, 0.5) is 8.78 Å². The number of aromatic carboxylic acids is 1. The molecule has 158 valence electrons. The second-order valence-electron chi connectivity index (χ2n) is 7.43. The summed E-state index contributed by atoms with van der Waals surface area (Å²) in [5.74, 6) is -2.62. The molecule has 0 bridgehead atoms. The van der Waals surface area contributed by atoms with E-state index in [1.165, 1.54) is 16.7 Å². The molecule has 0 aliphatic rings. The predicted molar refractivity (Wildman–Crippen MR) is 118 cm³/mol. The maximum atomic E-state index is 15.0. The first kappa shape index (κ1) is 22.4. The zero-order valence-corrected chi connectivity index (χ0v) is 18.5. The fraction of sp³-hybridized carbons (Fsp3) is 0.273. The highest BCUT2D eigenvalue weighted by Gasteiger charge is 2.22. The Morgan fingerprint density at radius 2 is 1.90 bits per heavy atom. The van der Waals surface area contributed by atoms with Crippen LogP contribution in [0.1, 0.15) is 41.4 Å². The van der Waals surface area contributed by atoms with E-state index in [1.807, 2.05) is 36.4 Å². The van der Waals surface area contributed by atoms with Crippen molar-refractivity contribution in [3.05, 3.63) is 78.6 Å². The number of pyridine rings is 1. The van der Waals surface area contributed by atoms with Crippen molar-refractivity contribution in [3.63, 3.8) is 0 Å². The third kappa shape index (κ3) is 4.11. The molecule has 0 amide bonds. The largest absolute Gasteiger partial charge is 0.477 e. The molecule has 0 radical (unpaired) electrons. The maximum absolute atomic E-state index is 15.0. The molecule has 3 rings (SSSR count). The fourth-order valence-corrected chi connectivity index (χ4v) is 4.04. The number of fused-ring (bicyclic) bond motifs is 1. The van der Waals surface area contributed by atoms with Crippen molar-refractivity contribution in [3.8, 4) is 0 Å². The molecule has 30 heavy (non-hydrogen) atoms. The van der Waals surface area contributed by atoms with Crippen LogP contribution in [0.3, 0.4) is 0 Å². The lowest BCUT2D eigenvalue weighted by molar-refractivity contribution is 0.0694. The highest BCUT2D eigenvalue weighted by molar-refractivity contribution is 14.1. The lowest BCUT2D eigenvalue weighted by Crippen LogP contribution is -2.25. The van der Waals surface area contributed by atoms with Gasteiger partial charge < -0.3 is 14.8 Å². The Labute approximate surface area is 185 Å². The van der Waals surface area contributed by atoms with E-state index in [9.17, 15) is 28.6 Å². The van der Waals surface area contributed by atoms with Crippen molar-refractivity contribution in [2.75, 3.05) is 6.61 Å². The summed E-state index contributed by atoms with van der Waals surface area (Å²) in [5, 5.41) is 19.3. The molecule has 0 saturated carbocycles. The number of aromatic nitrogens is 1. The number of hydrogen-bond acceptors (Lipinski definition) is 3. The van der Waals surface area contributed by atoms with Crippen molar-refractivity contribution < 1.29 is 23.8 Å². The minimum atomic E-state index is -1.41. The maximum Gasteiger partial charge on any atom is 0.341 e. The first-order valence-electron chi connectivity index (χ1n) is 9.30. The molecule has 3 aromatic rings. The van der Waals surface area contributed by atoms with Gasteiger partial charge in [-0.3, -0.25) is 4.79 Å². The van der Waals surface area contributed by atoms with Gasteiger partial charge in [-0.25, -0.2) is 13.6 Å². The van der Waals surface area contributed by atoms with Crippen LogP contribution in [-0.4, -0.2) is 27.4 Å². The van der Waals surface area contributed by atoms with Crippen LogP contribution < -0.4 is 5.43 Å². The molecule has 0 fully saturated rings. The molecule has 1 aromatic heterocycles. The highest BCUT2D eigenvalue weighted by Crippen LogP contribution is 2.27. The molecule has 1 atom stereocenters. The monoisotopic (exact) mass is 527 g/mol. The summed E-state index contributed by atoms with van der Waals surface area (Å²) in [7, 11) is 0. The van der Waals surface area contributed by atoms with E-state index < -0.39 is 34.6 Å². The number of carboxylic acid groups (broad SMARTS) is 1. The van der Waals surface area contributed by atoms with E-state index in [4.69, 9.17) is 0 Å². The quantitative estimate of drug-likeness (QED) is 0.467. The molecular formula is C22H20F2INO4.